The van der Waals surface area contributed by atoms with Crippen molar-refractivity contribution in [3.05, 3.63) is 60.4 Å². The smallest absolute Gasteiger partial charge is 0.231 e. The number of rotatable bonds is 6. The topological polar surface area (TPSA) is 92.3 Å². The van der Waals surface area contributed by atoms with E-state index in [0.717, 1.165) is 11.8 Å². The third-order valence-corrected chi connectivity index (χ3v) is 4.91. The van der Waals surface area contributed by atoms with Crippen molar-refractivity contribution in [2.75, 3.05) is 28.6 Å². The number of carbonyl (C=O) groups excluding carboxylic acids is 1. The van der Waals surface area contributed by atoms with Crippen LogP contribution in [-0.4, -0.2) is 40.1 Å². The fourth-order valence-electron chi connectivity index (χ4n) is 3.43. The SMILES string of the molecule is CC(=O)Nc1cccc(Nc2ncnc(N3CCC(Oc4ccc(F)cc4F)CC3)n2)c1. The van der Waals surface area contributed by atoms with Gasteiger partial charge in [0.2, 0.25) is 17.8 Å². The van der Waals surface area contributed by atoms with Crippen LogP contribution in [0, 0.1) is 11.6 Å². The first-order valence-corrected chi connectivity index (χ1v) is 10.2. The standard InChI is InChI=1S/C22H22F2N6O2/c1-14(31)27-16-3-2-4-17(12-16)28-21-25-13-26-22(29-21)30-9-7-18(8-10-30)32-20-6-5-15(23)11-19(20)24/h2-6,11-13,18H,7-10H2,1H3,(H,27,31)(H,25,26,28,29). The summed E-state index contributed by atoms with van der Waals surface area (Å²) in [5.41, 5.74) is 1.39. The molecule has 1 aliphatic rings. The van der Waals surface area contributed by atoms with Gasteiger partial charge >= 0.3 is 0 Å². The van der Waals surface area contributed by atoms with Crippen molar-refractivity contribution in [3.63, 3.8) is 0 Å². The van der Waals surface area contributed by atoms with Crippen molar-refractivity contribution in [2.24, 2.45) is 0 Å². The molecule has 3 aromatic rings. The van der Waals surface area contributed by atoms with Gasteiger partial charge in [0.15, 0.2) is 11.6 Å². The summed E-state index contributed by atoms with van der Waals surface area (Å²) < 4.78 is 32.6. The maximum absolute atomic E-state index is 13.8. The van der Waals surface area contributed by atoms with E-state index in [1.807, 2.05) is 17.0 Å². The van der Waals surface area contributed by atoms with Gasteiger partial charge in [0.25, 0.3) is 0 Å². The van der Waals surface area contributed by atoms with Crippen LogP contribution < -0.4 is 20.3 Å². The Labute approximate surface area is 183 Å². The van der Waals surface area contributed by atoms with Gasteiger partial charge in [-0.05, 0) is 30.3 Å². The Kier molecular flexibility index (Phi) is 6.39. The minimum Gasteiger partial charge on any atom is -0.487 e. The number of ether oxygens (including phenoxy) is 1. The normalized spacial score (nSPS) is 14.2. The van der Waals surface area contributed by atoms with E-state index in [-0.39, 0.29) is 17.8 Å². The molecular weight excluding hydrogens is 418 g/mol. The second-order valence-corrected chi connectivity index (χ2v) is 7.38. The summed E-state index contributed by atoms with van der Waals surface area (Å²) in [6.45, 7) is 2.69. The molecule has 1 amide bonds. The number of piperidine rings is 1. The maximum atomic E-state index is 13.8. The molecule has 0 aliphatic carbocycles. The van der Waals surface area contributed by atoms with Crippen LogP contribution in [0.3, 0.4) is 0 Å². The zero-order valence-electron chi connectivity index (χ0n) is 17.4. The molecule has 8 nitrogen and oxygen atoms in total. The quantitative estimate of drug-likeness (QED) is 0.601. The first-order valence-electron chi connectivity index (χ1n) is 10.2. The molecule has 1 fully saturated rings. The Morgan fingerprint density at radius 2 is 1.88 bits per heavy atom. The van der Waals surface area contributed by atoms with E-state index in [0.29, 0.717) is 43.5 Å². The molecule has 2 N–H and O–H groups in total. The van der Waals surface area contributed by atoms with E-state index in [1.165, 1.54) is 25.4 Å². The first kappa shape index (κ1) is 21.4. The van der Waals surface area contributed by atoms with Crippen molar-refractivity contribution in [3.8, 4) is 5.75 Å². The number of nitrogens with one attached hydrogen (secondary N) is 2. The molecule has 4 rings (SSSR count). The largest absolute Gasteiger partial charge is 0.487 e. The molecule has 1 aromatic heterocycles. The van der Waals surface area contributed by atoms with Crippen LogP contribution in [0.4, 0.5) is 32.1 Å². The number of carbonyl (C=O) groups is 1. The number of benzene rings is 2. The monoisotopic (exact) mass is 440 g/mol. The Hall–Kier alpha value is -3.82. The van der Waals surface area contributed by atoms with Crippen molar-refractivity contribution in [1.82, 2.24) is 15.0 Å². The summed E-state index contributed by atoms with van der Waals surface area (Å²) in [5.74, 6) is -0.542. The summed E-state index contributed by atoms with van der Waals surface area (Å²) in [5, 5.41) is 5.84. The number of hydrogen-bond donors (Lipinski definition) is 2. The average Bonchev–Trinajstić information content (AvgIpc) is 2.76. The van der Waals surface area contributed by atoms with Gasteiger partial charge < -0.3 is 20.3 Å². The molecule has 0 atom stereocenters. The number of aromatic nitrogens is 3. The minimum atomic E-state index is -0.705. The van der Waals surface area contributed by atoms with Crippen LogP contribution in [0.25, 0.3) is 0 Å². The summed E-state index contributed by atoms with van der Waals surface area (Å²) in [6.07, 6.45) is 2.54. The Morgan fingerprint density at radius 1 is 1.09 bits per heavy atom. The van der Waals surface area contributed by atoms with Gasteiger partial charge in [-0.15, -0.1) is 0 Å². The van der Waals surface area contributed by atoms with Gasteiger partial charge in [0.1, 0.15) is 18.2 Å². The predicted octanol–water partition coefficient (Wildman–Crippen LogP) is 3.90. The molecule has 32 heavy (non-hydrogen) atoms. The molecule has 0 bridgehead atoms. The zero-order valence-corrected chi connectivity index (χ0v) is 17.4. The third-order valence-electron chi connectivity index (χ3n) is 4.91. The molecule has 1 aliphatic heterocycles. The lowest BCUT2D eigenvalue weighted by molar-refractivity contribution is -0.114. The molecule has 0 radical (unpaired) electrons. The number of halogens is 2. The maximum Gasteiger partial charge on any atom is 0.231 e. The lowest BCUT2D eigenvalue weighted by Crippen LogP contribution is -2.39. The van der Waals surface area contributed by atoms with E-state index >= 15 is 0 Å². The second-order valence-electron chi connectivity index (χ2n) is 7.38. The lowest BCUT2D eigenvalue weighted by atomic mass is 10.1. The number of amides is 1. The van der Waals surface area contributed by atoms with E-state index < -0.39 is 11.6 Å². The van der Waals surface area contributed by atoms with Crippen LogP contribution in [-0.2, 0) is 4.79 Å². The fourth-order valence-corrected chi connectivity index (χ4v) is 3.43. The van der Waals surface area contributed by atoms with Crippen LogP contribution in [0.5, 0.6) is 5.75 Å². The third kappa shape index (κ3) is 5.45. The highest BCUT2D eigenvalue weighted by molar-refractivity contribution is 5.89. The van der Waals surface area contributed by atoms with E-state index in [4.69, 9.17) is 4.74 Å². The molecule has 2 heterocycles. The minimum absolute atomic E-state index is 0.0537. The highest BCUT2D eigenvalue weighted by Crippen LogP contribution is 2.25. The summed E-state index contributed by atoms with van der Waals surface area (Å²) in [7, 11) is 0. The second kappa shape index (κ2) is 9.54. The van der Waals surface area contributed by atoms with E-state index in [2.05, 4.69) is 25.6 Å². The molecule has 0 spiro atoms. The zero-order chi connectivity index (χ0) is 22.5. The molecule has 2 aromatic carbocycles. The highest BCUT2D eigenvalue weighted by atomic mass is 19.1. The average molecular weight is 440 g/mol. The van der Waals surface area contributed by atoms with Crippen molar-refractivity contribution in [1.29, 1.82) is 0 Å². The summed E-state index contributed by atoms with van der Waals surface area (Å²) in [6, 6.07) is 10.5. The molecule has 0 saturated carbocycles. The van der Waals surface area contributed by atoms with Gasteiger partial charge in [0, 0.05) is 50.3 Å². The van der Waals surface area contributed by atoms with Gasteiger partial charge in [-0.25, -0.2) is 18.7 Å². The van der Waals surface area contributed by atoms with Gasteiger partial charge in [-0.1, -0.05) is 6.07 Å². The number of nitrogens with zero attached hydrogens (tertiary/aromatic N) is 4. The van der Waals surface area contributed by atoms with Gasteiger partial charge in [-0.2, -0.15) is 4.98 Å². The first-order chi connectivity index (χ1) is 15.5. The van der Waals surface area contributed by atoms with Crippen LogP contribution in [0.2, 0.25) is 0 Å². The van der Waals surface area contributed by atoms with Crippen molar-refractivity contribution >= 4 is 29.2 Å². The van der Waals surface area contributed by atoms with Gasteiger partial charge in [-0.3, -0.25) is 4.79 Å². The Morgan fingerprint density at radius 3 is 2.62 bits per heavy atom. The van der Waals surface area contributed by atoms with E-state index in [9.17, 15) is 13.6 Å². The molecule has 10 heteroatoms. The number of anilines is 4. The molecule has 1 saturated heterocycles. The highest BCUT2D eigenvalue weighted by Gasteiger charge is 2.23. The van der Waals surface area contributed by atoms with Crippen molar-refractivity contribution < 1.29 is 18.3 Å². The summed E-state index contributed by atoms with van der Waals surface area (Å²) >= 11 is 0. The van der Waals surface area contributed by atoms with E-state index in [1.54, 1.807) is 12.1 Å². The Bertz CT molecular complexity index is 1110. The fraction of sp³-hybridized carbons (Fsp3) is 0.273. The van der Waals surface area contributed by atoms with Crippen LogP contribution >= 0.6 is 0 Å². The van der Waals surface area contributed by atoms with Crippen molar-refractivity contribution in [2.45, 2.75) is 25.9 Å². The van der Waals surface area contributed by atoms with Crippen LogP contribution in [0.15, 0.2) is 48.8 Å². The predicted molar refractivity (Wildman–Crippen MR) is 116 cm³/mol. The van der Waals surface area contributed by atoms with Gasteiger partial charge in [0.05, 0.1) is 0 Å². The number of hydrogen-bond acceptors (Lipinski definition) is 7. The lowest BCUT2D eigenvalue weighted by Gasteiger charge is -2.32. The Balaban J connectivity index is 1.36. The molecule has 0 unspecified atom stereocenters. The van der Waals surface area contributed by atoms with Crippen LogP contribution in [0.1, 0.15) is 19.8 Å². The molecular formula is C22H22F2N6O2. The molecule has 166 valence electrons. The summed E-state index contributed by atoms with van der Waals surface area (Å²) in [4.78, 5) is 26.1.